The van der Waals surface area contributed by atoms with E-state index < -0.39 is 0 Å². The molecule has 2 heterocycles. The summed E-state index contributed by atoms with van der Waals surface area (Å²) in [6, 6.07) is 6.64. The monoisotopic (exact) mass is 384 g/mol. The Labute approximate surface area is 167 Å². The lowest BCUT2D eigenvalue weighted by atomic mass is 9.98. The summed E-state index contributed by atoms with van der Waals surface area (Å²) in [5, 5.41) is 21.5. The van der Waals surface area contributed by atoms with E-state index in [-0.39, 0.29) is 11.9 Å². The van der Waals surface area contributed by atoms with E-state index in [1.165, 1.54) is 23.7 Å². The molecule has 2 aliphatic heterocycles. The SMILES string of the molecule is CC(C)CNC(=O)N1CCC(NCN2CCc3cc(C(C=N)C=N)ccc32)C1. The molecule has 2 aliphatic rings. The molecule has 0 spiro atoms. The van der Waals surface area contributed by atoms with E-state index in [1.807, 2.05) is 11.0 Å². The van der Waals surface area contributed by atoms with Gasteiger partial charge in [-0.25, -0.2) is 4.79 Å². The van der Waals surface area contributed by atoms with Crippen molar-refractivity contribution in [3.8, 4) is 0 Å². The van der Waals surface area contributed by atoms with Crippen LogP contribution in [0.4, 0.5) is 10.5 Å². The second-order valence-corrected chi connectivity index (χ2v) is 8.13. The van der Waals surface area contributed by atoms with Gasteiger partial charge in [-0.1, -0.05) is 26.0 Å². The average molecular weight is 385 g/mol. The highest BCUT2D eigenvalue weighted by Gasteiger charge is 2.27. The first kappa shape index (κ1) is 20.3. The molecule has 0 saturated carbocycles. The molecule has 1 saturated heterocycles. The molecule has 7 heteroatoms. The molecule has 0 radical (unpaired) electrons. The highest BCUT2D eigenvalue weighted by Crippen LogP contribution is 2.30. The summed E-state index contributed by atoms with van der Waals surface area (Å²) in [6.45, 7) is 8.22. The first-order valence-electron chi connectivity index (χ1n) is 10.2. The molecule has 7 nitrogen and oxygen atoms in total. The number of amides is 2. The molecule has 0 aromatic heterocycles. The summed E-state index contributed by atoms with van der Waals surface area (Å²) in [6.07, 6.45) is 4.59. The van der Waals surface area contributed by atoms with Gasteiger partial charge in [0, 0.05) is 50.3 Å². The highest BCUT2D eigenvalue weighted by atomic mass is 16.2. The van der Waals surface area contributed by atoms with Crippen molar-refractivity contribution >= 4 is 24.1 Å². The predicted molar refractivity (Wildman–Crippen MR) is 114 cm³/mol. The van der Waals surface area contributed by atoms with Crippen molar-refractivity contribution in [2.75, 3.05) is 37.7 Å². The number of carbonyl (C=O) groups is 1. The van der Waals surface area contributed by atoms with E-state index in [0.717, 1.165) is 51.3 Å². The minimum absolute atomic E-state index is 0.0454. The number of fused-ring (bicyclic) bond motifs is 1. The number of carbonyl (C=O) groups excluding carboxylic acids is 1. The molecule has 28 heavy (non-hydrogen) atoms. The van der Waals surface area contributed by atoms with Crippen LogP contribution < -0.4 is 15.5 Å². The molecule has 1 unspecified atom stereocenters. The molecular weight excluding hydrogens is 352 g/mol. The standard InChI is InChI=1S/C21H32N6O/c1-15(2)12-24-21(28)26-8-6-19(13-26)25-14-27-7-5-17-9-16(3-4-20(17)27)18(10-22)11-23/h3-4,9-11,15,18-19,22-23,25H,5-8,12-14H2,1-2H3,(H,24,28). The van der Waals surface area contributed by atoms with Crippen LogP contribution in [0.1, 0.15) is 37.3 Å². The maximum absolute atomic E-state index is 12.2. The van der Waals surface area contributed by atoms with Crippen molar-refractivity contribution < 1.29 is 4.79 Å². The van der Waals surface area contributed by atoms with E-state index in [0.29, 0.717) is 12.0 Å². The van der Waals surface area contributed by atoms with Gasteiger partial charge in [-0.2, -0.15) is 0 Å². The van der Waals surface area contributed by atoms with Gasteiger partial charge in [0.1, 0.15) is 0 Å². The van der Waals surface area contributed by atoms with Crippen LogP contribution >= 0.6 is 0 Å². The quantitative estimate of drug-likeness (QED) is 0.518. The lowest BCUT2D eigenvalue weighted by Gasteiger charge is -2.23. The fraction of sp³-hybridized carbons (Fsp3) is 0.571. The minimum Gasteiger partial charge on any atom is -0.358 e. The van der Waals surface area contributed by atoms with Crippen molar-refractivity contribution in [2.24, 2.45) is 5.92 Å². The fourth-order valence-corrected chi connectivity index (χ4v) is 3.86. The van der Waals surface area contributed by atoms with E-state index in [9.17, 15) is 4.79 Å². The third-order valence-electron chi connectivity index (χ3n) is 5.55. The highest BCUT2D eigenvalue weighted by molar-refractivity contribution is 5.88. The third-order valence-corrected chi connectivity index (χ3v) is 5.55. The second kappa shape index (κ2) is 9.19. The summed E-state index contributed by atoms with van der Waals surface area (Å²) >= 11 is 0. The largest absolute Gasteiger partial charge is 0.358 e. The Morgan fingerprint density at radius 1 is 1.29 bits per heavy atom. The van der Waals surface area contributed by atoms with Crippen LogP contribution in [0, 0.1) is 16.7 Å². The van der Waals surface area contributed by atoms with Crippen molar-refractivity contribution in [2.45, 2.75) is 38.6 Å². The zero-order valence-corrected chi connectivity index (χ0v) is 16.9. The van der Waals surface area contributed by atoms with Crippen LogP contribution in [0.3, 0.4) is 0 Å². The lowest BCUT2D eigenvalue weighted by molar-refractivity contribution is 0.206. The van der Waals surface area contributed by atoms with Crippen LogP contribution in [-0.2, 0) is 6.42 Å². The molecule has 2 amide bonds. The molecule has 1 atom stereocenters. The van der Waals surface area contributed by atoms with Crippen LogP contribution in [-0.4, -0.2) is 62.2 Å². The van der Waals surface area contributed by atoms with Gasteiger partial charge in [0.15, 0.2) is 0 Å². The van der Waals surface area contributed by atoms with E-state index >= 15 is 0 Å². The number of anilines is 1. The Morgan fingerprint density at radius 3 is 2.79 bits per heavy atom. The summed E-state index contributed by atoms with van der Waals surface area (Å²) in [5.74, 6) is 0.230. The molecule has 1 aromatic carbocycles. The second-order valence-electron chi connectivity index (χ2n) is 8.13. The first-order valence-corrected chi connectivity index (χ1v) is 10.2. The van der Waals surface area contributed by atoms with Gasteiger partial charge in [-0.15, -0.1) is 0 Å². The smallest absolute Gasteiger partial charge is 0.317 e. The zero-order valence-electron chi connectivity index (χ0n) is 16.9. The Balaban J connectivity index is 1.50. The van der Waals surface area contributed by atoms with Crippen LogP contribution in [0.15, 0.2) is 18.2 Å². The molecule has 1 aromatic rings. The number of benzene rings is 1. The maximum atomic E-state index is 12.2. The molecule has 152 valence electrons. The van der Waals surface area contributed by atoms with Gasteiger partial charge in [0.2, 0.25) is 0 Å². The molecule has 4 N–H and O–H groups in total. The number of urea groups is 1. The van der Waals surface area contributed by atoms with Gasteiger partial charge < -0.3 is 25.9 Å². The number of rotatable bonds is 8. The molecule has 1 fully saturated rings. The van der Waals surface area contributed by atoms with Crippen LogP contribution in [0.25, 0.3) is 0 Å². The number of likely N-dealkylation sites (tertiary alicyclic amines) is 1. The predicted octanol–water partition coefficient (Wildman–Crippen LogP) is 2.42. The fourth-order valence-electron chi connectivity index (χ4n) is 3.86. The van der Waals surface area contributed by atoms with Gasteiger partial charge in [-0.3, -0.25) is 5.32 Å². The number of nitrogens with zero attached hydrogens (tertiary/aromatic N) is 2. The van der Waals surface area contributed by atoms with Crippen molar-refractivity contribution in [3.05, 3.63) is 29.3 Å². The summed E-state index contributed by atoms with van der Waals surface area (Å²) < 4.78 is 0. The van der Waals surface area contributed by atoms with Crippen molar-refractivity contribution in [1.29, 1.82) is 10.8 Å². The minimum atomic E-state index is -0.233. The lowest BCUT2D eigenvalue weighted by Crippen LogP contribution is -2.44. The van der Waals surface area contributed by atoms with Crippen LogP contribution in [0.5, 0.6) is 0 Å². The number of hydrogen-bond donors (Lipinski definition) is 4. The van der Waals surface area contributed by atoms with Crippen LogP contribution in [0.2, 0.25) is 0 Å². The van der Waals surface area contributed by atoms with Gasteiger partial charge in [-0.05, 0) is 36.0 Å². The van der Waals surface area contributed by atoms with E-state index in [4.69, 9.17) is 10.8 Å². The van der Waals surface area contributed by atoms with Gasteiger partial charge >= 0.3 is 6.03 Å². The Bertz CT molecular complexity index is 711. The van der Waals surface area contributed by atoms with Gasteiger partial charge in [0.05, 0.1) is 12.6 Å². The summed E-state index contributed by atoms with van der Waals surface area (Å²) in [5.41, 5.74) is 3.53. The topological polar surface area (TPSA) is 95.3 Å². The Hall–Kier alpha value is -2.41. The van der Waals surface area contributed by atoms with Crippen molar-refractivity contribution in [3.63, 3.8) is 0 Å². The normalized spacial score (nSPS) is 19.6. The first-order chi connectivity index (χ1) is 13.5. The summed E-state index contributed by atoms with van der Waals surface area (Å²) in [7, 11) is 0. The Kier molecular flexibility index (Phi) is 6.67. The number of nitrogens with one attached hydrogen (secondary N) is 4. The zero-order chi connectivity index (χ0) is 20.1. The molecule has 0 aliphatic carbocycles. The maximum Gasteiger partial charge on any atom is 0.317 e. The molecule has 3 rings (SSSR count). The van der Waals surface area contributed by atoms with Crippen molar-refractivity contribution in [1.82, 2.24) is 15.5 Å². The average Bonchev–Trinajstić information content (AvgIpc) is 3.32. The molecular formula is C21H32N6O. The third kappa shape index (κ3) is 4.70. The van der Waals surface area contributed by atoms with E-state index in [1.54, 1.807) is 0 Å². The van der Waals surface area contributed by atoms with E-state index in [2.05, 4.69) is 41.5 Å². The van der Waals surface area contributed by atoms with Gasteiger partial charge in [0.25, 0.3) is 0 Å². The Morgan fingerprint density at radius 2 is 2.07 bits per heavy atom. The summed E-state index contributed by atoms with van der Waals surface area (Å²) in [4.78, 5) is 16.4. The number of hydrogen-bond acceptors (Lipinski definition) is 5. The molecule has 0 bridgehead atoms.